The maximum Gasteiger partial charge on any atom is 0.182 e. The van der Waals surface area contributed by atoms with Crippen molar-refractivity contribution in [2.24, 2.45) is 17.2 Å². The van der Waals surface area contributed by atoms with Crippen LogP contribution in [0.25, 0.3) is 0 Å². The number of nitrogens with two attached hydrogens (primary N) is 3. The molecule has 0 aliphatic carbocycles. The molecule has 3 aliphatic heterocycles. The number of rotatable bonds is 9. The molecule has 0 amide bonds. The van der Waals surface area contributed by atoms with E-state index in [1.165, 1.54) is 13.8 Å². The smallest absolute Gasteiger partial charge is 0.182 e. The summed E-state index contributed by atoms with van der Waals surface area (Å²) in [6.07, 6.45) is -15.3. The average molecular weight is 602 g/mol. The molecule has 17 nitrogen and oxygen atoms in total. The number of aliphatic hydroxyl groups excluding tert-OH is 7. The van der Waals surface area contributed by atoms with Crippen LogP contribution in [0.3, 0.4) is 0 Å². The Labute approximate surface area is 237 Å². The van der Waals surface area contributed by atoms with Crippen molar-refractivity contribution in [3.05, 3.63) is 0 Å². The second-order valence-corrected chi connectivity index (χ2v) is 11.7. The highest BCUT2D eigenvalue weighted by Gasteiger charge is 2.73. The second kappa shape index (κ2) is 12.4. The van der Waals surface area contributed by atoms with E-state index in [9.17, 15) is 46.0 Å². The lowest BCUT2D eigenvalue weighted by molar-refractivity contribution is -0.412. The van der Waals surface area contributed by atoms with Gasteiger partial charge in [0, 0.05) is 0 Å². The average Bonchev–Trinajstić information content (AvgIpc) is 2.93. The molecule has 0 aromatic rings. The van der Waals surface area contributed by atoms with Crippen molar-refractivity contribution in [2.45, 2.75) is 130 Å². The fourth-order valence-electron chi connectivity index (χ4n) is 5.71. The molecule has 15 N–H and O–H groups in total. The van der Waals surface area contributed by atoms with Gasteiger partial charge in [-0.3, -0.25) is 0 Å². The van der Waals surface area contributed by atoms with E-state index >= 15 is 0 Å². The first-order valence-corrected chi connectivity index (χ1v) is 13.5. The van der Waals surface area contributed by atoms with Gasteiger partial charge in [0.15, 0.2) is 18.9 Å². The molecule has 242 valence electrons. The molecule has 0 spiro atoms. The number of hydrogen-bond acceptors (Lipinski definition) is 17. The Kier molecular flexibility index (Phi) is 10.5. The van der Waals surface area contributed by atoms with E-state index in [-0.39, 0.29) is 6.42 Å². The van der Waals surface area contributed by atoms with Gasteiger partial charge in [0.25, 0.3) is 0 Å². The molecule has 3 rings (SSSR count). The first-order valence-electron chi connectivity index (χ1n) is 13.5. The summed E-state index contributed by atoms with van der Waals surface area (Å²) in [7, 11) is 0. The lowest BCUT2D eigenvalue weighted by atomic mass is 9.59. The van der Waals surface area contributed by atoms with Crippen LogP contribution in [-0.2, 0) is 23.7 Å². The number of hydrogen-bond donors (Lipinski definition) is 12. The van der Waals surface area contributed by atoms with E-state index in [1.54, 1.807) is 6.92 Å². The Morgan fingerprint density at radius 3 is 1.85 bits per heavy atom. The summed E-state index contributed by atoms with van der Waals surface area (Å²) in [5.41, 5.74) is 9.76. The summed E-state index contributed by atoms with van der Waals surface area (Å²) >= 11 is 0. The van der Waals surface area contributed by atoms with Crippen molar-refractivity contribution in [2.75, 3.05) is 19.8 Å². The van der Waals surface area contributed by atoms with E-state index in [0.29, 0.717) is 0 Å². The molecular weight excluding hydrogens is 554 g/mol. The fraction of sp³-hybridized carbons (Fsp3) is 1.00. The van der Waals surface area contributed by atoms with Crippen molar-refractivity contribution >= 4 is 0 Å². The largest absolute Gasteiger partial charge is 0.394 e. The van der Waals surface area contributed by atoms with Crippen LogP contribution in [0.4, 0.5) is 0 Å². The summed E-state index contributed by atoms with van der Waals surface area (Å²) < 4.78 is 28.5. The highest BCUT2D eigenvalue weighted by molar-refractivity contribution is 5.24. The van der Waals surface area contributed by atoms with Gasteiger partial charge in [0.2, 0.25) is 0 Å². The first kappa shape index (κ1) is 34.8. The molecule has 3 aliphatic rings. The molecule has 17 heteroatoms. The van der Waals surface area contributed by atoms with Gasteiger partial charge in [-0.05, 0) is 27.2 Å². The van der Waals surface area contributed by atoms with E-state index in [1.807, 2.05) is 0 Å². The van der Waals surface area contributed by atoms with Crippen molar-refractivity contribution < 1.29 is 69.6 Å². The van der Waals surface area contributed by atoms with Crippen molar-refractivity contribution in [1.82, 2.24) is 0 Å². The topological polar surface area (TPSA) is 306 Å². The number of ether oxygens (including phenoxy) is 5. The van der Waals surface area contributed by atoms with E-state index < -0.39 is 116 Å². The van der Waals surface area contributed by atoms with Gasteiger partial charge < -0.3 is 86.8 Å². The highest BCUT2D eigenvalue weighted by Crippen LogP contribution is 2.50. The predicted molar refractivity (Wildman–Crippen MR) is 136 cm³/mol. The Hall–Kier alpha value is -0.680. The minimum absolute atomic E-state index is 0.0288. The monoisotopic (exact) mass is 601 g/mol. The molecule has 0 aromatic heterocycles. The lowest BCUT2D eigenvalue weighted by Gasteiger charge is -2.64. The first-order chi connectivity index (χ1) is 18.9. The molecule has 3 fully saturated rings. The fourth-order valence-corrected chi connectivity index (χ4v) is 5.71. The standard InChI is InChI=1S/C24H47N3O14/c1-5-11(31)24(27)20(41-21(2,8-30)22(3,35)23(24,4)36)40-17-10(7-29)38-19(13(26)15(17)33)39-16-9(6-28)37-18(34)12(25)14(16)32/h9-20,28-36H,5-8,25-27H2,1-4H3/t9-,10-,11?,12-,13-,14-,15-,16?,17?,18-,19+,20+,21-,22-,23+,24+/m1/s1. The van der Waals surface area contributed by atoms with Crippen LogP contribution in [0.5, 0.6) is 0 Å². The Balaban J connectivity index is 1.92. The lowest BCUT2D eigenvalue weighted by Crippen LogP contribution is -2.88. The molecule has 0 radical (unpaired) electrons. The van der Waals surface area contributed by atoms with Crippen LogP contribution in [0.15, 0.2) is 0 Å². The van der Waals surface area contributed by atoms with Crippen LogP contribution in [0.1, 0.15) is 34.1 Å². The van der Waals surface area contributed by atoms with Crippen molar-refractivity contribution in [3.63, 3.8) is 0 Å². The molecule has 3 saturated heterocycles. The second-order valence-electron chi connectivity index (χ2n) is 11.7. The minimum atomic E-state index is -2.36. The minimum Gasteiger partial charge on any atom is -0.394 e. The van der Waals surface area contributed by atoms with Gasteiger partial charge in [-0.25, -0.2) is 0 Å². The summed E-state index contributed by atoms with van der Waals surface area (Å²) in [5.74, 6) is 0. The van der Waals surface area contributed by atoms with Gasteiger partial charge in [0.05, 0.1) is 38.0 Å². The zero-order valence-corrected chi connectivity index (χ0v) is 23.6. The predicted octanol–water partition coefficient (Wildman–Crippen LogP) is -6.36. The van der Waals surface area contributed by atoms with Crippen LogP contribution in [0, 0.1) is 0 Å². The Bertz CT molecular complexity index is 883. The van der Waals surface area contributed by atoms with Crippen LogP contribution in [0.2, 0.25) is 0 Å². The molecule has 16 atom stereocenters. The van der Waals surface area contributed by atoms with Crippen LogP contribution in [-0.4, -0.2) is 162 Å². The molecule has 3 heterocycles. The summed E-state index contributed by atoms with van der Waals surface area (Å²) in [6, 6.07) is -2.74. The summed E-state index contributed by atoms with van der Waals surface area (Å²) in [5, 5.41) is 95.3. The molecule has 0 bridgehead atoms. The van der Waals surface area contributed by atoms with E-state index in [0.717, 1.165) is 6.92 Å². The summed E-state index contributed by atoms with van der Waals surface area (Å²) in [4.78, 5) is 0. The molecule has 41 heavy (non-hydrogen) atoms. The van der Waals surface area contributed by atoms with Crippen LogP contribution >= 0.6 is 0 Å². The van der Waals surface area contributed by atoms with Crippen molar-refractivity contribution in [1.29, 1.82) is 0 Å². The van der Waals surface area contributed by atoms with Gasteiger partial charge >= 0.3 is 0 Å². The zero-order chi connectivity index (χ0) is 31.3. The van der Waals surface area contributed by atoms with Gasteiger partial charge in [0.1, 0.15) is 59.0 Å². The quantitative estimate of drug-likeness (QED) is 0.117. The SMILES string of the molecule is CCC(O)[C@]1(N)[C@@H](OC2[C@@H](CO)O[C@@H](OC3[C@@H](CO)O[C@@H](O)[C@H](N)[C@H]3O)[C@H](N)[C@H]2O)O[C@](C)(CO)[C@@](C)(O)[C@]1(C)O. The molecular formula is C24H47N3O14. The Morgan fingerprint density at radius 2 is 1.34 bits per heavy atom. The number of aliphatic hydroxyl groups is 9. The molecule has 0 saturated carbocycles. The normalized spacial score (nSPS) is 53.7. The third-order valence-corrected chi connectivity index (χ3v) is 9.21. The summed E-state index contributed by atoms with van der Waals surface area (Å²) in [6.45, 7) is 2.90. The maximum atomic E-state index is 11.6. The van der Waals surface area contributed by atoms with Gasteiger partial charge in [-0.2, -0.15) is 0 Å². The molecule has 3 unspecified atom stereocenters. The molecule has 0 aromatic carbocycles. The Morgan fingerprint density at radius 1 is 0.829 bits per heavy atom. The third-order valence-electron chi connectivity index (χ3n) is 9.21. The third kappa shape index (κ3) is 5.44. The van der Waals surface area contributed by atoms with Crippen LogP contribution < -0.4 is 17.2 Å². The highest BCUT2D eigenvalue weighted by atomic mass is 16.7. The van der Waals surface area contributed by atoms with Gasteiger partial charge in [-0.15, -0.1) is 0 Å². The van der Waals surface area contributed by atoms with Crippen molar-refractivity contribution in [3.8, 4) is 0 Å². The van der Waals surface area contributed by atoms with E-state index in [4.69, 9.17) is 40.9 Å². The maximum absolute atomic E-state index is 11.6. The van der Waals surface area contributed by atoms with E-state index in [2.05, 4.69) is 0 Å². The van der Waals surface area contributed by atoms with Gasteiger partial charge in [-0.1, -0.05) is 6.92 Å². The zero-order valence-electron chi connectivity index (χ0n) is 23.6.